The summed E-state index contributed by atoms with van der Waals surface area (Å²) in [5.41, 5.74) is 0. The molecule has 6 nitrogen and oxygen atoms in total. The van der Waals surface area contributed by atoms with Gasteiger partial charge in [-0.3, -0.25) is 0 Å². The minimum absolute atomic E-state index is 0.316. The molecule has 21 heavy (non-hydrogen) atoms. The summed E-state index contributed by atoms with van der Waals surface area (Å²) in [4.78, 5) is 6.61. The maximum Gasteiger partial charge on any atom is 0.243 e. The summed E-state index contributed by atoms with van der Waals surface area (Å²) in [7, 11) is 0.667. The van der Waals surface area contributed by atoms with Crippen LogP contribution in [0.4, 0.5) is 5.82 Å². The highest BCUT2D eigenvalue weighted by atomic mass is 32.2. The molecule has 118 valence electrons. The van der Waals surface area contributed by atoms with Crippen molar-refractivity contribution in [2.75, 3.05) is 39.0 Å². The lowest BCUT2D eigenvalue weighted by molar-refractivity contribution is 0.196. The molecule has 0 atom stereocenters. The van der Waals surface area contributed by atoms with Crippen molar-refractivity contribution in [2.24, 2.45) is 0 Å². The minimum Gasteiger partial charge on any atom is -0.370 e. The maximum absolute atomic E-state index is 12.7. The lowest BCUT2D eigenvalue weighted by atomic mass is 10.1. The predicted molar refractivity (Wildman–Crippen MR) is 83.9 cm³/mol. The summed E-state index contributed by atoms with van der Waals surface area (Å²) in [6.07, 6.45) is 3.28. The zero-order valence-corrected chi connectivity index (χ0v) is 13.7. The van der Waals surface area contributed by atoms with Gasteiger partial charge in [0.15, 0.2) is 0 Å². The molecule has 2 heterocycles. The summed E-state index contributed by atoms with van der Waals surface area (Å²) in [5, 5.41) is 3.04. The van der Waals surface area contributed by atoms with Gasteiger partial charge in [-0.2, -0.15) is 4.31 Å². The first-order chi connectivity index (χ1) is 9.95. The van der Waals surface area contributed by atoms with Gasteiger partial charge in [-0.1, -0.05) is 0 Å². The molecular weight excluding hydrogens is 288 g/mol. The van der Waals surface area contributed by atoms with Crippen LogP contribution in [0, 0.1) is 0 Å². The van der Waals surface area contributed by atoms with Crippen LogP contribution >= 0.6 is 0 Å². The maximum atomic E-state index is 12.7. The van der Waals surface area contributed by atoms with Gasteiger partial charge >= 0.3 is 0 Å². The van der Waals surface area contributed by atoms with E-state index in [-0.39, 0.29) is 0 Å². The van der Waals surface area contributed by atoms with Gasteiger partial charge in [0, 0.05) is 37.9 Å². The van der Waals surface area contributed by atoms with Crippen LogP contribution in [-0.4, -0.2) is 62.4 Å². The topological polar surface area (TPSA) is 65.5 Å². The van der Waals surface area contributed by atoms with Crippen molar-refractivity contribution in [2.45, 2.75) is 30.7 Å². The van der Waals surface area contributed by atoms with Gasteiger partial charge in [0.1, 0.15) is 5.82 Å². The molecule has 0 bridgehead atoms. The fraction of sp³-hybridized carbons (Fsp3) is 0.643. The molecule has 1 N–H and O–H groups in total. The van der Waals surface area contributed by atoms with Crippen molar-refractivity contribution in [1.29, 1.82) is 0 Å². The molecule has 2 rings (SSSR count). The zero-order chi connectivity index (χ0) is 15.5. The van der Waals surface area contributed by atoms with Crippen LogP contribution in [0.1, 0.15) is 19.8 Å². The van der Waals surface area contributed by atoms with Crippen molar-refractivity contribution in [3.8, 4) is 0 Å². The third-order valence-electron chi connectivity index (χ3n) is 3.88. The SMILES string of the molecule is CCNc1cc(S(=O)(=O)N2CCC(N(C)C)CC2)ccn1. The first-order valence-corrected chi connectivity index (χ1v) is 8.75. The van der Waals surface area contributed by atoms with E-state index in [1.165, 1.54) is 6.20 Å². The number of pyridine rings is 1. The third kappa shape index (κ3) is 3.72. The number of sulfonamides is 1. The smallest absolute Gasteiger partial charge is 0.243 e. The Morgan fingerprint density at radius 3 is 2.62 bits per heavy atom. The molecule has 0 aliphatic carbocycles. The second-order valence-corrected chi connectivity index (χ2v) is 7.44. The molecule has 0 aromatic carbocycles. The van der Waals surface area contributed by atoms with Crippen LogP contribution in [-0.2, 0) is 10.0 Å². The van der Waals surface area contributed by atoms with E-state index in [1.807, 2.05) is 21.0 Å². The van der Waals surface area contributed by atoms with Crippen molar-refractivity contribution >= 4 is 15.8 Å². The summed E-state index contributed by atoms with van der Waals surface area (Å²) in [5.74, 6) is 0.599. The Bertz CT molecular complexity index is 566. The Morgan fingerprint density at radius 2 is 2.05 bits per heavy atom. The summed E-state index contributed by atoms with van der Waals surface area (Å²) >= 11 is 0. The molecule has 0 spiro atoms. The number of nitrogens with one attached hydrogen (secondary N) is 1. The molecule has 0 amide bonds. The Hall–Kier alpha value is -1.18. The van der Waals surface area contributed by atoms with Crippen LogP contribution in [0.25, 0.3) is 0 Å². The number of piperidine rings is 1. The highest BCUT2D eigenvalue weighted by molar-refractivity contribution is 7.89. The predicted octanol–water partition coefficient (Wildman–Crippen LogP) is 1.23. The van der Waals surface area contributed by atoms with Crippen LogP contribution in [0.3, 0.4) is 0 Å². The number of aromatic nitrogens is 1. The van der Waals surface area contributed by atoms with E-state index in [0.717, 1.165) is 12.8 Å². The van der Waals surface area contributed by atoms with Gasteiger partial charge < -0.3 is 10.2 Å². The first kappa shape index (κ1) is 16.2. The number of nitrogens with zero attached hydrogens (tertiary/aromatic N) is 3. The zero-order valence-electron chi connectivity index (χ0n) is 12.9. The second kappa shape index (κ2) is 6.72. The van der Waals surface area contributed by atoms with Crippen molar-refractivity contribution in [3.63, 3.8) is 0 Å². The van der Waals surface area contributed by atoms with E-state index in [2.05, 4.69) is 15.2 Å². The molecule has 7 heteroatoms. The van der Waals surface area contributed by atoms with E-state index in [0.29, 0.717) is 36.4 Å². The second-order valence-electron chi connectivity index (χ2n) is 5.51. The molecule has 1 saturated heterocycles. The number of anilines is 1. The van der Waals surface area contributed by atoms with Crippen LogP contribution < -0.4 is 5.32 Å². The highest BCUT2D eigenvalue weighted by Crippen LogP contribution is 2.23. The van der Waals surface area contributed by atoms with E-state index in [4.69, 9.17) is 0 Å². The molecule has 1 fully saturated rings. The average Bonchev–Trinajstić information content (AvgIpc) is 2.48. The van der Waals surface area contributed by atoms with Crippen molar-refractivity contribution < 1.29 is 8.42 Å². The van der Waals surface area contributed by atoms with Gasteiger partial charge in [0.25, 0.3) is 0 Å². The molecule has 0 saturated carbocycles. The van der Waals surface area contributed by atoms with E-state index < -0.39 is 10.0 Å². The van der Waals surface area contributed by atoms with Crippen molar-refractivity contribution in [1.82, 2.24) is 14.2 Å². The Labute approximate surface area is 127 Å². The lowest BCUT2D eigenvalue weighted by Crippen LogP contribution is -2.44. The van der Waals surface area contributed by atoms with Gasteiger partial charge in [-0.15, -0.1) is 0 Å². The Morgan fingerprint density at radius 1 is 1.38 bits per heavy atom. The quantitative estimate of drug-likeness (QED) is 0.886. The summed E-state index contributed by atoms with van der Waals surface area (Å²) < 4.78 is 26.9. The number of hydrogen-bond donors (Lipinski definition) is 1. The Kier molecular flexibility index (Phi) is 5.18. The molecular formula is C14H24N4O2S. The Balaban J connectivity index is 2.13. The molecule has 1 aliphatic rings. The highest BCUT2D eigenvalue weighted by Gasteiger charge is 2.30. The molecule has 1 aromatic rings. The van der Waals surface area contributed by atoms with Crippen LogP contribution in [0.15, 0.2) is 23.2 Å². The van der Waals surface area contributed by atoms with Gasteiger partial charge in [0.2, 0.25) is 10.0 Å². The summed E-state index contributed by atoms with van der Waals surface area (Å²) in [6.45, 7) is 3.81. The number of hydrogen-bond acceptors (Lipinski definition) is 5. The molecule has 0 radical (unpaired) electrons. The molecule has 1 aromatic heterocycles. The van der Waals surface area contributed by atoms with E-state index in [9.17, 15) is 8.42 Å². The average molecular weight is 312 g/mol. The fourth-order valence-corrected chi connectivity index (χ4v) is 4.08. The normalized spacial score (nSPS) is 18.1. The summed E-state index contributed by atoms with van der Waals surface area (Å²) in [6, 6.07) is 3.64. The van der Waals surface area contributed by atoms with Crippen LogP contribution in [0.2, 0.25) is 0 Å². The molecule has 0 unspecified atom stereocenters. The van der Waals surface area contributed by atoms with E-state index in [1.54, 1.807) is 16.4 Å². The van der Waals surface area contributed by atoms with Gasteiger partial charge in [-0.25, -0.2) is 13.4 Å². The van der Waals surface area contributed by atoms with Gasteiger partial charge in [0.05, 0.1) is 4.90 Å². The monoisotopic (exact) mass is 312 g/mol. The van der Waals surface area contributed by atoms with Gasteiger partial charge in [-0.05, 0) is 39.9 Å². The largest absolute Gasteiger partial charge is 0.370 e. The third-order valence-corrected chi connectivity index (χ3v) is 5.78. The van der Waals surface area contributed by atoms with Crippen molar-refractivity contribution in [3.05, 3.63) is 18.3 Å². The molecule has 1 aliphatic heterocycles. The first-order valence-electron chi connectivity index (χ1n) is 7.31. The van der Waals surface area contributed by atoms with E-state index >= 15 is 0 Å². The number of rotatable bonds is 5. The fourth-order valence-electron chi connectivity index (χ4n) is 2.60. The van der Waals surface area contributed by atoms with Crippen LogP contribution in [0.5, 0.6) is 0 Å². The lowest BCUT2D eigenvalue weighted by Gasteiger charge is -2.34. The minimum atomic E-state index is -3.42. The standard InChI is InChI=1S/C14H24N4O2S/c1-4-15-14-11-13(5-8-16-14)21(19,20)18-9-6-12(7-10-18)17(2)3/h5,8,11-12H,4,6-7,9-10H2,1-3H3,(H,15,16).